The zero-order valence-electron chi connectivity index (χ0n) is 13.5. The van der Waals surface area contributed by atoms with E-state index in [1.807, 2.05) is 0 Å². The first kappa shape index (κ1) is 15.2. The van der Waals surface area contributed by atoms with Gasteiger partial charge in [-0.3, -0.25) is 0 Å². The molecule has 4 rings (SSSR count). The van der Waals surface area contributed by atoms with Crippen molar-refractivity contribution in [3.05, 3.63) is 91.0 Å². The van der Waals surface area contributed by atoms with E-state index in [1.165, 1.54) is 15.9 Å². The molecule has 118 valence electrons. The zero-order chi connectivity index (χ0) is 16.2. The van der Waals surface area contributed by atoms with Crippen molar-refractivity contribution in [3.8, 4) is 0 Å². The van der Waals surface area contributed by atoms with Gasteiger partial charge in [-0.1, -0.05) is 54.6 Å². The van der Waals surface area contributed by atoms with Crippen LogP contribution in [0.4, 0.5) is 0 Å². The van der Waals surface area contributed by atoms with Crippen molar-refractivity contribution in [1.29, 1.82) is 0 Å². The third-order valence-electron chi connectivity index (χ3n) is 4.72. The molecule has 0 spiro atoms. The summed E-state index contributed by atoms with van der Waals surface area (Å²) in [7, 11) is -1.79. The summed E-state index contributed by atoms with van der Waals surface area (Å²) in [5, 5.41) is 13.0. The average molecular weight is 331 g/mol. The summed E-state index contributed by atoms with van der Waals surface area (Å²) in [6.07, 6.45) is 0. The minimum absolute atomic E-state index is 0.435. The van der Waals surface area contributed by atoms with Crippen molar-refractivity contribution >= 4 is 23.2 Å². The van der Waals surface area contributed by atoms with Crippen LogP contribution in [0.2, 0.25) is 0 Å². The Morgan fingerprint density at radius 2 is 0.875 bits per heavy atom. The highest BCUT2D eigenvalue weighted by molar-refractivity contribution is 7.96. The van der Waals surface area contributed by atoms with Crippen LogP contribution in [-0.4, -0.2) is 18.7 Å². The van der Waals surface area contributed by atoms with Gasteiger partial charge < -0.3 is 0 Å². The molecule has 0 N–H and O–H groups in total. The van der Waals surface area contributed by atoms with Crippen molar-refractivity contribution in [2.24, 2.45) is 10.2 Å². The lowest BCUT2D eigenvalue weighted by molar-refractivity contribution is 0.985. The molecule has 3 aromatic rings. The minimum Gasteiger partial charge on any atom is -0.190 e. The van der Waals surface area contributed by atoms with Crippen LogP contribution in [0.25, 0.3) is 0 Å². The van der Waals surface area contributed by atoms with E-state index in [9.17, 15) is 0 Å². The number of hydrogen-bond acceptors (Lipinski definition) is 2. The van der Waals surface area contributed by atoms with Crippen LogP contribution in [0.5, 0.6) is 0 Å². The molecule has 2 nitrogen and oxygen atoms in total. The van der Waals surface area contributed by atoms with Gasteiger partial charge in [-0.15, -0.1) is 0 Å². The molecule has 0 unspecified atom stereocenters. The molecule has 3 heteroatoms. The molecule has 24 heavy (non-hydrogen) atoms. The molecule has 1 aliphatic rings. The van der Waals surface area contributed by atoms with E-state index in [1.54, 1.807) is 0 Å². The maximum absolute atomic E-state index is 4.36. The van der Waals surface area contributed by atoms with Crippen molar-refractivity contribution in [2.75, 3.05) is 13.1 Å². The lowest BCUT2D eigenvalue weighted by Gasteiger charge is -2.31. The van der Waals surface area contributed by atoms with Crippen LogP contribution in [-0.2, 0) is 0 Å². The summed E-state index contributed by atoms with van der Waals surface area (Å²) in [4.78, 5) is 0. The second-order valence-electron chi connectivity index (χ2n) is 6.03. The van der Waals surface area contributed by atoms with E-state index in [2.05, 4.69) is 101 Å². The standard InChI is InChI=1S/C21H20N2P/c1-4-10-18(11-5-1)24(21-16-22-23-17-21,19-12-6-2-7-13-19)20-14-8-3-9-15-20/h1-15,21H,16-17H2/q+1. The second-order valence-corrected chi connectivity index (χ2v) is 9.76. The Kier molecular flexibility index (Phi) is 4.23. The molecule has 0 amide bonds. The number of benzene rings is 3. The molecule has 3 aromatic carbocycles. The predicted octanol–water partition coefficient (Wildman–Crippen LogP) is 3.81. The summed E-state index contributed by atoms with van der Waals surface area (Å²) >= 11 is 0. The van der Waals surface area contributed by atoms with Gasteiger partial charge in [0.1, 0.15) is 28.8 Å². The number of azo groups is 1. The Labute approximate surface area is 143 Å². The van der Waals surface area contributed by atoms with Gasteiger partial charge in [0.2, 0.25) is 0 Å². The Balaban J connectivity index is 2.03. The van der Waals surface area contributed by atoms with Gasteiger partial charge in [0.15, 0.2) is 0 Å². The van der Waals surface area contributed by atoms with E-state index in [0.717, 1.165) is 13.1 Å². The number of rotatable bonds is 4. The van der Waals surface area contributed by atoms with Gasteiger partial charge in [0.25, 0.3) is 0 Å². The summed E-state index contributed by atoms with van der Waals surface area (Å²) < 4.78 is 0. The van der Waals surface area contributed by atoms with Crippen LogP contribution >= 0.6 is 7.26 Å². The topological polar surface area (TPSA) is 24.7 Å². The maximum Gasteiger partial charge on any atom is 0.126 e. The summed E-state index contributed by atoms with van der Waals surface area (Å²) in [6, 6.07) is 32.9. The summed E-state index contributed by atoms with van der Waals surface area (Å²) in [6.45, 7) is 1.62. The third kappa shape index (κ3) is 2.48. The summed E-state index contributed by atoms with van der Waals surface area (Å²) in [5.74, 6) is 0. The van der Waals surface area contributed by atoms with E-state index in [0.29, 0.717) is 5.66 Å². The monoisotopic (exact) mass is 331 g/mol. The third-order valence-corrected chi connectivity index (χ3v) is 9.48. The quantitative estimate of drug-likeness (QED) is 0.650. The summed E-state index contributed by atoms with van der Waals surface area (Å²) in [5.41, 5.74) is 0.435. The van der Waals surface area contributed by atoms with E-state index in [4.69, 9.17) is 0 Å². The van der Waals surface area contributed by atoms with Gasteiger partial charge in [-0.25, -0.2) is 0 Å². The molecule has 0 atom stereocenters. The second kappa shape index (κ2) is 6.67. The normalized spacial score (nSPS) is 14.8. The molecular formula is C21H20N2P+. The van der Waals surface area contributed by atoms with E-state index in [-0.39, 0.29) is 0 Å². The first-order valence-corrected chi connectivity index (χ1v) is 10.2. The van der Waals surface area contributed by atoms with Crippen LogP contribution in [0, 0.1) is 0 Å². The van der Waals surface area contributed by atoms with Crippen molar-refractivity contribution in [1.82, 2.24) is 0 Å². The Morgan fingerprint density at radius 3 is 1.21 bits per heavy atom. The van der Waals surface area contributed by atoms with Crippen molar-refractivity contribution in [3.63, 3.8) is 0 Å². The molecule has 0 aliphatic carbocycles. The minimum atomic E-state index is -1.79. The lowest BCUT2D eigenvalue weighted by Crippen LogP contribution is -2.40. The first-order valence-electron chi connectivity index (χ1n) is 8.31. The van der Waals surface area contributed by atoms with Gasteiger partial charge in [0, 0.05) is 0 Å². The molecule has 0 saturated carbocycles. The van der Waals surface area contributed by atoms with Gasteiger partial charge in [-0.2, -0.15) is 10.2 Å². The first-order chi connectivity index (χ1) is 11.9. The van der Waals surface area contributed by atoms with Crippen molar-refractivity contribution < 1.29 is 0 Å². The van der Waals surface area contributed by atoms with E-state index < -0.39 is 7.26 Å². The fourth-order valence-electron chi connectivity index (χ4n) is 3.68. The number of hydrogen-bond donors (Lipinski definition) is 0. The SMILES string of the molecule is c1ccc([P+](c2ccccc2)(c2ccccc2)C2CN=NC2)cc1. The van der Waals surface area contributed by atoms with Crippen molar-refractivity contribution in [2.45, 2.75) is 5.66 Å². The largest absolute Gasteiger partial charge is 0.190 e. The molecule has 0 saturated heterocycles. The molecule has 1 heterocycles. The molecular weight excluding hydrogens is 311 g/mol. The Morgan fingerprint density at radius 1 is 0.542 bits per heavy atom. The number of nitrogens with zero attached hydrogens (tertiary/aromatic N) is 2. The van der Waals surface area contributed by atoms with Crippen LogP contribution < -0.4 is 15.9 Å². The van der Waals surface area contributed by atoms with Gasteiger partial charge in [-0.05, 0) is 36.4 Å². The molecule has 0 aromatic heterocycles. The van der Waals surface area contributed by atoms with Crippen LogP contribution in [0.15, 0.2) is 101 Å². The molecule has 0 bridgehead atoms. The molecule has 1 aliphatic heterocycles. The maximum atomic E-state index is 4.36. The fourth-order valence-corrected chi connectivity index (χ4v) is 8.40. The fraction of sp³-hybridized carbons (Fsp3) is 0.143. The molecule has 0 fully saturated rings. The molecule has 0 radical (unpaired) electrons. The van der Waals surface area contributed by atoms with Gasteiger partial charge in [0.05, 0.1) is 13.1 Å². The van der Waals surface area contributed by atoms with Crippen LogP contribution in [0.3, 0.4) is 0 Å². The highest BCUT2D eigenvalue weighted by Gasteiger charge is 2.53. The Hall–Kier alpha value is -2.31. The van der Waals surface area contributed by atoms with E-state index >= 15 is 0 Å². The van der Waals surface area contributed by atoms with Crippen LogP contribution in [0.1, 0.15) is 0 Å². The highest BCUT2D eigenvalue weighted by atomic mass is 31.2. The lowest BCUT2D eigenvalue weighted by atomic mass is 10.3. The average Bonchev–Trinajstić information content (AvgIpc) is 3.20. The smallest absolute Gasteiger partial charge is 0.126 e. The Bertz CT molecular complexity index is 712. The zero-order valence-corrected chi connectivity index (χ0v) is 14.4. The van der Waals surface area contributed by atoms with Gasteiger partial charge >= 0.3 is 0 Å². The predicted molar refractivity (Wildman–Crippen MR) is 104 cm³/mol. The highest BCUT2D eigenvalue weighted by Crippen LogP contribution is 2.60.